The fourth-order valence-corrected chi connectivity index (χ4v) is 1.55. The fourth-order valence-electron chi connectivity index (χ4n) is 1.55. The van der Waals surface area contributed by atoms with Gasteiger partial charge in [-0.3, -0.25) is 0 Å². The Bertz CT molecular complexity index is 617. The molecule has 0 aliphatic carbocycles. The van der Waals surface area contributed by atoms with Crippen LogP contribution in [0.4, 0.5) is 13.2 Å². The topological polar surface area (TPSA) is 53.5 Å². The summed E-state index contributed by atoms with van der Waals surface area (Å²) in [7, 11) is 2.83. The number of benzene rings is 1. The van der Waals surface area contributed by atoms with Gasteiger partial charge in [0.05, 0.1) is 25.1 Å². The highest BCUT2D eigenvalue weighted by Crippen LogP contribution is 2.28. The molecule has 0 fully saturated rings. The monoisotopic (exact) mass is 288 g/mol. The molecule has 8 heteroatoms. The lowest BCUT2D eigenvalue weighted by molar-refractivity contribution is -0.154. The highest BCUT2D eigenvalue weighted by atomic mass is 19.4. The number of rotatable bonds is 4. The average molecular weight is 288 g/mol. The van der Waals surface area contributed by atoms with Crippen LogP contribution in [-0.4, -0.2) is 37.0 Å². The number of methoxy groups -OCH3 is 2. The van der Waals surface area contributed by atoms with Crippen LogP contribution in [0.3, 0.4) is 0 Å². The average Bonchev–Trinajstić information content (AvgIpc) is 2.42. The van der Waals surface area contributed by atoms with E-state index in [-0.39, 0.29) is 5.88 Å². The van der Waals surface area contributed by atoms with Crippen LogP contribution in [0.5, 0.6) is 17.6 Å². The van der Waals surface area contributed by atoms with Crippen LogP contribution in [-0.2, 0) is 0 Å². The largest absolute Gasteiger partial charge is 0.497 e. The molecule has 0 atom stereocenters. The van der Waals surface area contributed by atoms with E-state index in [1.165, 1.54) is 14.2 Å². The van der Waals surface area contributed by atoms with Gasteiger partial charge in [0.25, 0.3) is 0 Å². The summed E-state index contributed by atoms with van der Waals surface area (Å²) in [6, 6.07) is 4.48. The van der Waals surface area contributed by atoms with Crippen LogP contribution < -0.4 is 14.2 Å². The number of halogens is 3. The van der Waals surface area contributed by atoms with Crippen molar-refractivity contribution in [1.29, 1.82) is 0 Å². The van der Waals surface area contributed by atoms with Gasteiger partial charge >= 0.3 is 12.2 Å². The Morgan fingerprint density at radius 2 is 1.85 bits per heavy atom. The number of nitrogens with zero attached hydrogens (tertiary/aromatic N) is 2. The van der Waals surface area contributed by atoms with Crippen molar-refractivity contribution in [3.8, 4) is 17.6 Å². The van der Waals surface area contributed by atoms with E-state index in [0.29, 0.717) is 16.7 Å². The Balaban J connectivity index is 2.41. The highest BCUT2D eigenvalue weighted by Gasteiger charge is 2.29. The van der Waals surface area contributed by atoms with Gasteiger partial charge in [0.1, 0.15) is 5.75 Å². The summed E-state index contributed by atoms with van der Waals surface area (Å²) in [6.45, 7) is -1.47. The maximum Gasteiger partial charge on any atom is 0.422 e. The summed E-state index contributed by atoms with van der Waals surface area (Å²) in [5, 5.41) is 0.549. The molecule has 0 unspecified atom stereocenters. The Labute approximate surface area is 112 Å². The maximum absolute atomic E-state index is 12.1. The summed E-state index contributed by atoms with van der Waals surface area (Å²) in [6.07, 6.45) is -4.46. The van der Waals surface area contributed by atoms with Crippen molar-refractivity contribution in [2.75, 3.05) is 20.8 Å². The molecule has 0 N–H and O–H groups in total. The molecule has 1 aromatic carbocycles. The van der Waals surface area contributed by atoms with E-state index in [4.69, 9.17) is 9.47 Å². The summed E-state index contributed by atoms with van der Waals surface area (Å²) in [5.41, 5.74) is 0.369. The summed E-state index contributed by atoms with van der Waals surface area (Å²) in [5.74, 6) is 0.648. The van der Waals surface area contributed by atoms with E-state index >= 15 is 0 Å². The quantitative estimate of drug-likeness (QED) is 0.865. The molecule has 0 bridgehead atoms. The second-order valence-electron chi connectivity index (χ2n) is 3.80. The molecule has 0 aliphatic rings. The lowest BCUT2D eigenvalue weighted by Gasteiger charge is -2.10. The van der Waals surface area contributed by atoms with Crippen molar-refractivity contribution in [2.24, 2.45) is 0 Å². The van der Waals surface area contributed by atoms with E-state index < -0.39 is 18.8 Å². The van der Waals surface area contributed by atoms with Crippen LogP contribution >= 0.6 is 0 Å². The molecule has 20 heavy (non-hydrogen) atoms. The van der Waals surface area contributed by atoms with Gasteiger partial charge in [-0.25, -0.2) is 0 Å². The first-order chi connectivity index (χ1) is 9.43. The van der Waals surface area contributed by atoms with E-state index in [0.717, 1.165) is 0 Å². The van der Waals surface area contributed by atoms with Gasteiger partial charge < -0.3 is 14.2 Å². The third-order valence-electron chi connectivity index (χ3n) is 2.41. The molecule has 1 heterocycles. The number of aromatic nitrogens is 2. The van der Waals surface area contributed by atoms with Crippen LogP contribution in [0.15, 0.2) is 18.2 Å². The van der Waals surface area contributed by atoms with Crippen LogP contribution in [0.25, 0.3) is 10.9 Å². The Morgan fingerprint density at radius 3 is 2.45 bits per heavy atom. The van der Waals surface area contributed by atoms with Crippen molar-refractivity contribution in [1.82, 2.24) is 9.97 Å². The number of fused-ring (bicyclic) bond motifs is 1. The van der Waals surface area contributed by atoms with Gasteiger partial charge in [0.2, 0.25) is 5.88 Å². The molecular formula is C12H11F3N2O3. The van der Waals surface area contributed by atoms with Gasteiger partial charge in [-0.2, -0.15) is 23.1 Å². The zero-order chi connectivity index (χ0) is 14.8. The minimum absolute atomic E-state index is 0.134. The minimum Gasteiger partial charge on any atom is -0.497 e. The summed E-state index contributed by atoms with van der Waals surface area (Å²) < 4.78 is 50.9. The molecule has 0 saturated heterocycles. The lowest BCUT2D eigenvalue weighted by atomic mass is 10.2. The Morgan fingerprint density at radius 1 is 1.10 bits per heavy atom. The Hall–Kier alpha value is -2.25. The normalized spacial score (nSPS) is 11.4. The van der Waals surface area contributed by atoms with Crippen molar-refractivity contribution in [3.63, 3.8) is 0 Å². The van der Waals surface area contributed by atoms with Crippen LogP contribution in [0, 0.1) is 0 Å². The first kappa shape index (κ1) is 14.2. The molecule has 108 valence electrons. The zero-order valence-corrected chi connectivity index (χ0v) is 10.7. The van der Waals surface area contributed by atoms with E-state index in [9.17, 15) is 13.2 Å². The smallest absolute Gasteiger partial charge is 0.422 e. The van der Waals surface area contributed by atoms with E-state index in [1.54, 1.807) is 18.2 Å². The predicted octanol–water partition coefficient (Wildman–Crippen LogP) is 2.59. The van der Waals surface area contributed by atoms with Crippen molar-refractivity contribution < 1.29 is 27.4 Å². The SMILES string of the molecule is COc1ccc2c(OC)nc(OCC(F)(F)F)nc2c1. The molecule has 0 amide bonds. The van der Waals surface area contributed by atoms with Gasteiger partial charge in [-0.15, -0.1) is 0 Å². The lowest BCUT2D eigenvalue weighted by Crippen LogP contribution is -2.20. The number of hydrogen-bond acceptors (Lipinski definition) is 5. The molecule has 0 saturated carbocycles. The van der Waals surface area contributed by atoms with Crippen molar-refractivity contribution in [3.05, 3.63) is 18.2 Å². The molecular weight excluding hydrogens is 277 g/mol. The molecule has 5 nitrogen and oxygen atoms in total. The van der Waals surface area contributed by atoms with Gasteiger partial charge in [-0.1, -0.05) is 0 Å². The van der Waals surface area contributed by atoms with E-state index in [2.05, 4.69) is 14.7 Å². The second-order valence-corrected chi connectivity index (χ2v) is 3.80. The first-order valence-electron chi connectivity index (χ1n) is 5.52. The molecule has 1 aromatic heterocycles. The van der Waals surface area contributed by atoms with E-state index in [1.807, 2.05) is 0 Å². The van der Waals surface area contributed by atoms with Crippen molar-refractivity contribution in [2.45, 2.75) is 6.18 Å². The third-order valence-corrected chi connectivity index (χ3v) is 2.41. The van der Waals surface area contributed by atoms with Gasteiger partial charge in [-0.05, 0) is 12.1 Å². The number of hydrogen-bond donors (Lipinski definition) is 0. The third kappa shape index (κ3) is 3.19. The van der Waals surface area contributed by atoms with Gasteiger partial charge in [0.15, 0.2) is 6.61 Å². The van der Waals surface area contributed by atoms with Crippen molar-refractivity contribution >= 4 is 10.9 Å². The number of ether oxygens (including phenoxy) is 3. The number of alkyl halides is 3. The highest BCUT2D eigenvalue weighted by molar-refractivity contribution is 5.85. The fraction of sp³-hybridized carbons (Fsp3) is 0.333. The maximum atomic E-state index is 12.1. The molecule has 2 aromatic rings. The predicted molar refractivity (Wildman–Crippen MR) is 64.2 cm³/mol. The Kier molecular flexibility index (Phi) is 3.82. The summed E-state index contributed by atoms with van der Waals surface area (Å²) in [4.78, 5) is 7.68. The standard InChI is InChI=1S/C12H11F3N2O3/c1-18-7-3-4-8-9(5-7)16-11(17-10(8)19-2)20-6-12(13,14)15/h3-5H,6H2,1-2H3. The zero-order valence-electron chi connectivity index (χ0n) is 10.7. The second kappa shape index (κ2) is 5.40. The molecule has 2 rings (SSSR count). The first-order valence-corrected chi connectivity index (χ1v) is 5.52. The minimum atomic E-state index is -4.46. The van der Waals surface area contributed by atoms with Crippen LogP contribution in [0.1, 0.15) is 0 Å². The van der Waals surface area contributed by atoms with Crippen LogP contribution in [0.2, 0.25) is 0 Å². The summed E-state index contributed by atoms with van der Waals surface area (Å²) >= 11 is 0. The molecule has 0 radical (unpaired) electrons. The molecule has 0 spiro atoms. The van der Waals surface area contributed by atoms with Gasteiger partial charge in [0, 0.05) is 6.07 Å². The molecule has 0 aliphatic heterocycles.